The number of nitrogens with zero attached hydrogens (tertiary/aromatic N) is 2. The summed E-state index contributed by atoms with van der Waals surface area (Å²) >= 11 is 0. The molecule has 1 aromatic heterocycles. The van der Waals surface area contributed by atoms with E-state index >= 15 is 0 Å². The second-order valence-corrected chi connectivity index (χ2v) is 4.86. The Bertz CT molecular complexity index is 456. The standard InChI is InChI=1S/C13H14N2O2/c14-8-13(7-10-1-2-11(13)17-10)12(16)9-3-5-15-6-4-9/h3-6,10-12,16H,1-2,7H2. The molecule has 2 aliphatic rings. The number of aliphatic hydroxyl groups is 1. The van der Waals surface area contributed by atoms with E-state index in [9.17, 15) is 10.4 Å². The van der Waals surface area contributed by atoms with Gasteiger partial charge >= 0.3 is 0 Å². The molecule has 4 heteroatoms. The maximum Gasteiger partial charge on any atom is 0.116 e. The molecule has 0 saturated carbocycles. The van der Waals surface area contributed by atoms with Crippen LogP contribution in [0.25, 0.3) is 0 Å². The van der Waals surface area contributed by atoms with Crippen molar-refractivity contribution in [2.45, 2.75) is 37.6 Å². The third-order valence-electron chi connectivity index (χ3n) is 3.97. The summed E-state index contributed by atoms with van der Waals surface area (Å²) in [5.41, 5.74) is -0.0257. The van der Waals surface area contributed by atoms with Gasteiger partial charge in [-0.25, -0.2) is 0 Å². The van der Waals surface area contributed by atoms with Crippen molar-refractivity contribution in [3.63, 3.8) is 0 Å². The van der Waals surface area contributed by atoms with Crippen LogP contribution in [-0.2, 0) is 4.74 Å². The van der Waals surface area contributed by atoms with Crippen LogP contribution in [0.3, 0.4) is 0 Å². The molecule has 0 amide bonds. The molecule has 17 heavy (non-hydrogen) atoms. The van der Waals surface area contributed by atoms with Gasteiger partial charge in [-0.3, -0.25) is 4.98 Å². The highest BCUT2D eigenvalue weighted by molar-refractivity contribution is 5.25. The molecule has 3 rings (SSSR count). The van der Waals surface area contributed by atoms with E-state index < -0.39 is 11.5 Å². The fourth-order valence-electron chi connectivity index (χ4n) is 3.05. The Balaban J connectivity index is 1.95. The lowest BCUT2D eigenvalue weighted by Gasteiger charge is -2.33. The maximum atomic E-state index is 10.5. The van der Waals surface area contributed by atoms with Gasteiger partial charge in [-0.1, -0.05) is 0 Å². The predicted molar refractivity (Wildman–Crippen MR) is 59.8 cm³/mol. The summed E-state index contributed by atoms with van der Waals surface area (Å²) in [6.45, 7) is 0. The topological polar surface area (TPSA) is 66.1 Å². The molecule has 2 saturated heterocycles. The van der Waals surface area contributed by atoms with E-state index in [1.165, 1.54) is 0 Å². The zero-order valence-electron chi connectivity index (χ0n) is 9.41. The summed E-state index contributed by atoms with van der Waals surface area (Å²) in [4.78, 5) is 3.93. The molecule has 3 heterocycles. The number of hydrogen-bond acceptors (Lipinski definition) is 4. The fraction of sp³-hybridized carbons (Fsp3) is 0.538. The van der Waals surface area contributed by atoms with Crippen LogP contribution in [0.5, 0.6) is 0 Å². The second-order valence-electron chi connectivity index (χ2n) is 4.86. The third kappa shape index (κ3) is 1.47. The van der Waals surface area contributed by atoms with Gasteiger partial charge < -0.3 is 9.84 Å². The van der Waals surface area contributed by atoms with Crippen molar-refractivity contribution in [3.8, 4) is 6.07 Å². The van der Waals surface area contributed by atoms with Gasteiger partial charge in [0.05, 0.1) is 18.3 Å². The lowest BCUT2D eigenvalue weighted by atomic mass is 9.69. The summed E-state index contributed by atoms with van der Waals surface area (Å²) in [5, 5.41) is 19.9. The van der Waals surface area contributed by atoms with E-state index in [-0.39, 0.29) is 12.2 Å². The molecule has 2 fully saturated rings. The minimum atomic E-state index is -0.786. The zero-order valence-corrected chi connectivity index (χ0v) is 9.41. The van der Waals surface area contributed by atoms with Gasteiger partial charge in [0.2, 0.25) is 0 Å². The van der Waals surface area contributed by atoms with E-state index in [0.717, 1.165) is 18.4 Å². The van der Waals surface area contributed by atoms with Gasteiger partial charge in [0, 0.05) is 12.4 Å². The molecule has 4 nitrogen and oxygen atoms in total. The van der Waals surface area contributed by atoms with Crippen molar-refractivity contribution in [1.29, 1.82) is 5.26 Å². The van der Waals surface area contributed by atoms with E-state index in [4.69, 9.17) is 4.74 Å². The first-order chi connectivity index (χ1) is 8.26. The van der Waals surface area contributed by atoms with E-state index in [2.05, 4.69) is 11.1 Å². The summed E-state index contributed by atoms with van der Waals surface area (Å²) in [7, 11) is 0. The first kappa shape index (κ1) is 10.7. The van der Waals surface area contributed by atoms with Crippen molar-refractivity contribution in [1.82, 2.24) is 4.98 Å². The minimum absolute atomic E-state index is 0.124. The summed E-state index contributed by atoms with van der Waals surface area (Å²) < 4.78 is 5.72. The fourth-order valence-corrected chi connectivity index (χ4v) is 3.05. The highest BCUT2D eigenvalue weighted by Gasteiger charge is 2.57. The van der Waals surface area contributed by atoms with Crippen molar-refractivity contribution in [2.75, 3.05) is 0 Å². The summed E-state index contributed by atoms with van der Waals surface area (Å²) in [6.07, 6.45) is 5.03. The molecule has 0 radical (unpaired) electrons. The van der Waals surface area contributed by atoms with Gasteiger partial charge in [-0.2, -0.15) is 5.26 Å². The van der Waals surface area contributed by atoms with Crippen molar-refractivity contribution < 1.29 is 9.84 Å². The number of pyridine rings is 1. The molecule has 1 aromatic rings. The molecule has 0 aromatic carbocycles. The largest absolute Gasteiger partial charge is 0.387 e. The zero-order chi connectivity index (χ0) is 11.9. The second kappa shape index (κ2) is 3.80. The molecular weight excluding hydrogens is 216 g/mol. The summed E-state index contributed by atoms with van der Waals surface area (Å²) in [6, 6.07) is 5.83. The first-order valence-corrected chi connectivity index (χ1v) is 5.91. The normalized spacial score (nSPS) is 36.7. The Morgan fingerprint density at radius 2 is 2.24 bits per heavy atom. The smallest absolute Gasteiger partial charge is 0.116 e. The van der Waals surface area contributed by atoms with E-state index in [1.54, 1.807) is 24.5 Å². The minimum Gasteiger partial charge on any atom is -0.387 e. The Morgan fingerprint density at radius 1 is 1.47 bits per heavy atom. The summed E-state index contributed by atoms with van der Waals surface area (Å²) in [5.74, 6) is 0. The maximum absolute atomic E-state index is 10.5. The molecule has 1 N–H and O–H groups in total. The molecule has 2 bridgehead atoms. The molecule has 2 aliphatic heterocycles. The number of fused-ring (bicyclic) bond motifs is 2. The highest BCUT2D eigenvalue weighted by Crippen LogP contribution is 2.53. The van der Waals surface area contributed by atoms with Gasteiger partial charge in [-0.15, -0.1) is 0 Å². The van der Waals surface area contributed by atoms with Crippen LogP contribution in [-0.4, -0.2) is 22.3 Å². The highest BCUT2D eigenvalue weighted by atomic mass is 16.5. The van der Waals surface area contributed by atoms with Gasteiger partial charge in [0.15, 0.2) is 0 Å². The average molecular weight is 230 g/mol. The SMILES string of the molecule is N#CC1(C(O)c2ccncc2)CC2CCC1O2. The number of ether oxygens (including phenoxy) is 1. The van der Waals surface area contributed by atoms with Crippen LogP contribution in [0.4, 0.5) is 0 Å². The Labute approximate surface area is 99.9 Å². The Hall–Kier alpha value is -1.44. The average Bonchev–Trinajstić information content (AvgIpc) is 2.99. The van der Waals surface area contributed by atoms with Gasteiger partial charge in [0.25, 0.3) is 0 Å². The Morgan fingerprint density at radius 3 is 2.76 bits per heavy atom. The van der Waals surface area contributed by atoms with Crippen LogP contribution in [0.1, 0.15) is 30.9 Å². The molecule has 0 aliphatic carbocycles. The van der Waals surface area contributed by atoms with Crippen molar-refractivity contribution in [2.24, 2.45) is 5.41 Å². The van der Waals surface area contributed by atoms with Crippen molar-refractivity contribution in [3.05, 3.63) is 30.1 Å². The Kier molecular flexibility index (Phi) is 2.39. The van der Waals surface area contributed by atoms with Gasteiger partial charge in [0.1, 0.15) is 11.5 Å². The monoisotopic (exact) mass is 230 g/mol. The number of aromatic nitrogens is 1. The molecule has 0 spiro atoms. The van der Waals surface area contributed by atoms with Crippen LogP contribution < -0.4 is 0 Å². The number of rotatable bonds is 2. The molecule has 4 unspecified atom stereocenters. The van der Waals surface area contributed by atoms with Crippen LogP contribution in [0.2, 0.25) is 0 Å². The number of aliphatic hydroxyl groups excluding tert-OH is 1. The van der Waals surface area contributed by atoms with Crippen LogP contribution in [0.15, 0.2) is 24.5 Å². The lowest BCUT2D eigenvalue weighted by molar-refractivity contribution is 0.00338. The molecule has 88 valence electrons. The first-order valence-electron chi connectivity index (χ1n) is 5.91. The van der Waals surface area contributed by atoms with Crippen LogP contribution in [0, 0.1) is 16.7 Å². The third-order valence-corrected chi connectivity index (χ3v) is 3.97. The van der Waals surface area contributed by atoms with E-state index in [0.29, 0.717) is 6.42 Å². The lowest BCUT2D eigenvalue weighted by Crippen LogP contribution is -2.37. The molecular formula is C13H14N2O2. The van der Waals surface area contributed by atoms with Gasteiger partial charge in [-0.05, 0) is 37.0 Å². The quantitative estimate of drug-likeness (QED) is 0.837. The number of hydrogen-bond donors (Lipinski definition) is 1. The molecule has 4 atom stereocenters. The van der Waals surface area contributed by atoms with Crippen LogP contribution >= 0.6 is 0 Å². The van der Waals surface area contributed by atoms with E-state index in [1.807, 2.05) is 0 Å². The predicted octanol–water partition coefficient (Wildman–Crippen LogP) is 1.58. The number of nitriles is 1. The van der Waals surface area contributed by atoms with Crippen molar-refractivity contribution >= 4 is 0 Å².